The van der Waals surface area contributed by atoms with E-state index in [-0.39, 0.29) is 11.8 Å². The van der Waals surface area contributed by atoms with Crippen LogP contribution in [0.4, 0.5) is 10.2 Å². The minimum absolute atomic E-state index is 0.268. The summed E-state index contributed by atoms with van der Waals surface area (Å²) in [6, 6.07) is 8.45. The van der Waals surface area contributed by atoms with Gasteiger partial charge in [0, 0.05) is 24.2 Å². The van der Waals surface area contributed by atoms with Crippen LogP contribution in [-0.4, -0.2) is 37.3 Å². The molecule has 0 spiro atoms. The molecule has 0 atom stereocenters. The van der Waals surface area contributed by atoms with Gasteiger partial charge in [0.25, 0.3) is 0 Å². The van der Waals surface area contributed by atoms with Crippen LogP contribution < -0.4 is 4.90 Å². The SMILES string of the molecule is CCOC(=O)C1=Cc2cc(C3COC3)cnc2N(Cc2ccc(F)cc2)C1. The Balaban J connectivity index is 1.66. The Morgan fingerprint density at radius 1 is 1.33 bits per heavy atom. The minimum Gasteiger partial charge on any atom is -0.463 e. The maximum atomic E-state index is 13.2. The predicted molar refractivity (Wildman–Crippen MR) is 99.9 cm³/mol. The second-order valence-electron chi connectivity index (χ2n) is 6.79. The van der Waals surface area contributed by atoms with Crippen LogP contribution >= 0.6 is 0 Å². The van der Waals surface area contributed by atoms with E-state index in [1.807, 2.05) is 17.2 Å². The van der Waals surface area contributed by atoms with Gasteiger partial charge in [-0.3, -0.25) is 0 Å². The van der Waals surface area contributed by atoms with Crippen molar-refractivity contribution in [1.82, 2.24) is 4.98 Å². The molecular formula is C21H21FN2O3. The Kier molecular flexibility index (Phi) is 4.90. The summed E-state index contributed by atoms with van der Waals surface area (Å²) in [6.45, 7) is 4.47. The van der Waals surface area contributed by atoms with E-state index < -0.39 is 0 Å². The van der Waals surface area contributed by atoms with Gasteiger partial charge in [0.15, 0.2) is 0 Å². The molecule has 0 bridgehead atoms. The van der Waals surface area contributed by atoms with Crippen LogP contribution in [0.2, 0.25) is 0 Å². The Morgan fingerprint density at radius 2 is 2.11 bits per heavy atom. The molecule has 0 aliphatic carbocycles. The number of benzene rings is 1. The van der Waals surface area contributed by atoms with Gasteiger partial charge in [-0.05, 0) is 42.3 Å². The highest BCUT2D eigenvalue weighted by Gasteiger charge is 2.27. The van der Waals surface area contributed by atoms with Crippen molar-refractivity contribution in [2.75, 3.05) is 31.3 Å². The van der Waals surface area contributed by atoms with Gasteiger partial charge in [-0.15, -0.1) is 0 Å². The number of anilines is 1. The average molecular weight is 368 g/mol. The largest absolute Gasteiger partial charge is 0.463 e. The number of hydrogen-bond acceptors (Lipinski definition) is 5. The topological polar surface area (TPSA) is 51.7 Å². The van der Waals surface area contributed by atoms with E-state index in [1.54, 1.807) is 19.1 Å². The highest BCUT2D eigenvalue weighted by Crippen LogP contribution is 2.32. The number of ether oxygens (including phenoxy) is 2. The molecular weight excluding hydrogens is 347 g/mol. The van der Waals surface area contributed by atoms with Crippen LogP contribution in [-0.2, 0) is 20.8 Å². The summed E-state index contributed by atoms with van der Waals surface area (Å²) >= 11 is 0. The van der Waals surface area contributed by atoms with Crippen molar-refractivity contribution in [2.24, 2.45) is 0 Å². The average Bonchev–Trinajstić information content (AvgIpc) is 2.62. The van der Waals surface area contributed by atoms with Gasteiger partial charge in [0.2, 0.25) is 0 Å². The van der Waals surface area contributed by atoms with Gasteiger partial charge in [0.05, 0.1) is 31.9 Å². The van der Waals surface area contributed by atoms with E-state index in [4.69, 9.17) is 9.47 Å². The van der Waals surface area contributed by atoms with E-state index in [2.05, 4.69) is 11.1 Å². The molecule has 0 amide bonds. The van der Waals surface area contributed by atoms with Crippen molar-refractivity contribution < 1.29 is 18.7 Å². The standard InChI is InChI=1S/C21H21FN2O3/c1-2-27-21(25)17-8-15-7-16(18-12-26-13-18)9-23-20(15)24(11-17)10-14-3-5-19(22)6-4-14/h3-9,18H,2,10-13H2,1H3. The van der Waals surface area contributed by atoms with Gasteiger partial charge in [-0.25, -0.2) is 14.2 Å². The fourth-order valence-corrected chi connectivity index (χ4v) is 3.32. The highest BCUT2D eigenvalue weighted by atomic mass is 19.1. The Hall–Kier alpha value is -2.73. The number of carbonyl (C=O) groups excluding carboxylic acids is 1. The van der Waals surface area contributed by atoms with E-state index in [0.29, 0.717) is 44.4 Å². The zero-order valence-electron chi connectivity index (χ0n) is 15.2. The molecule has 0 N–H and O–H groups in total. The first kappa shape index (κ1) is 17.7. The van der Waals surface area contributed by atoms with Crippen molar-refractivity contribution in [1.29, 1.82) is 0 Å². The number of fused-ring (bicyclic) bond motifs is 1. The molecule has 0 radical (unpaired) electrons. The zero-order chi connectivity index (χ0) is 18.8. The second kappa shape index (κ2) is 7.48. The third-order valence-corrected chi connectivity index (χ3v) is 4.84. The van der Waals surface area contributed by atoms with Gasteiger partial charge < -0.3 is 14.4 Å². The number of halogens is 1. The molecule has 1 saturated heterocycles. The third kappa shape index (κ3) is 3.71. The smallest absolute Gasteiger partial charge is 0.335 e. The first-order valence-electron chi connectivity index (χ1n) is 9.09. The van der Waals surface area contributed by atoms with Crippen LogP contribution in [0.5, 0.6) is 0 Å². The van der Waals surface area contributed by atoms with E-state index in [9.17, 15) is 9.18 Å². The molecule has 140 valence electrons. The Morgan fingerprint density at radius 3 is 2.78 bits per heavy atom. The summed E-state index contributed by atoms with van der Waals surface area (Å²) in [6.07, 6.45) is 3.75. The molecule has 0 unspecified atom stereocenters. The summed E-state index contributed by atoms with van der Waals surface area (Å²) in [5.74, 6) is 0.589. The summed E-state index contributed by atoms with van der Waals surface area (Å²) in [5.41, 5.74) is 3.56. The van der Waals surface area contributed by atoms with Crippen molar-refractivity contribution in [3.63, 3.8) is 0 Å². The molecule has 2 aliphatic heterocycles. The number of aromatic nitrogens is 1. The highest BCUT2D eigenvalue weighted by molar-refractivity contribution is 5.97. The fourth-order valence-electron chi connectivity index (χ4n) is 3.32. The molecule has 4 rings (SSSR count). The lowest BCUT2D eigenvalue weighted by Gasteiger charge is -2.31. The number of rotatable bonds is 5. The van der Waals surface area contributed by atoms with Crippen molar-refractivity contribution in [2.45, 2.75) is 19.4 Å². The third-order valence-electron chi connectivity index (χ3n) is 4.84. The Bertz CT molecular complexity index is 875. The summed E-state index contributed by atoms with van der Waals surface area (Å²) < 4.78 is 23.7. The first-order chi connectivity index (χ1) is 13.1. The van der Waals surface area contributed by atoms with Gasteiger partial charge in [0.1, 0.15) is 11.6 Å². The number of esters is 1. The summed E-state index contributed by atoms with van der Waals surface area (Å²) in [4.78, 5) is 19.0. The lowest BCUT2D eigenvalue weighted by Crippen LogP contribution is -2.32. The van der Waals surface area contributed by atoms with E-state index >= 15 is 0 Å². The number of pyridine rings is 1. The van der Waals surface area contributed by atoms with Crippen LogP contribution in [0.25, 0.3) is 6.08 Å². The number of carbonyl (C=O) groups is 1. The zero-order valence-corrected chi connectivity index (χ0v) is 15.2. The lowest BCUT2D eigenvalue weighted by atomic mass is 9.96. The maximum absolute atomic E-state index is 13.2. The van der Waals surface area contributed by atoms with Crippen LogP contribution in [0.3, 0.4) is 0 Å². The van der Waals surface area contributed by atoms with Gasteiger partial charge in [-0.2, -0.15) is 0 Å². The van der Waals surface area contributed by atoms with E-state index in [0.717, 1.165) is 22.5 Å². The predicted octanol–water partition coefficient (Wildman–Crippen LogP) is 3.30. The molecule has 1 aromatic carbocycles. The second-order valence-corrected chi connectivity index (χ2v) is 6.79. The van der Waals surface area contributed by atoms with Crippen LogP contribution in [0.1, 0.15) is 29.5 Å². The monoisotopic (exact) mass is 368 g/mol. The normalized spacial score (nSPS) is 16.4. The molecule has 27 heavy (non-hydrogen) atoms. The summed E-state index contributed by atoms with van der Waals surface area (Å²) in [7, 11) is 0. The quantitative estimate of drug-likeness (QED) is 0.758. The minimum atomic E-state index is -0.315. The van der Waals surface area contributed by atoms with Crippen molar-refractivity contribution in [3.8, 4) is 0 Å². The molecule has 2 aliphatic rings. The molecule has 0 saturated carbocycles. The number of hydrogen-bond donors (Lipinski definition) is 0. The van der Waals surface area contributed by atoms with Crippen molar-refractivity contribution in [3.05, 3.63) is 64.6 Å². The Labute approximate surface area is 157 Å². The first-order valence-corrected chi connectivity index (χ1v) is 9.09. The molecule has 2 aromatic rings. The molecule has 3 heterocycles. The number of nitrogens with zero attached hydrogens (tertiary/aromatic N) is 2. The molecule has 6 heteroatoms. The van der Waals surface area contributed by atoms with Gasteiger partial charge in [-0.1, -0.05) is 12.1 Å². The fraction of sp³-hybridized carbons (Fsp3) is 0.333. The molecule has 1 fully saturated rings. The van der Waals surface area contributed by atoms with Crippen LogP contribution in [0, 0.1) is 5.82 Å². The summed E-state index contributed by atoms with van der Waals surface area (Å²) in [5, 5.41) is 0. The van der Waals surface area contributed by atoms with Gasteiger partial charge >= 0.3 is 5.97 Å². The molecule has 5 nitrogen and oxygen atoms in total. The lowest BCUT2D eigenvalue weighted by molar-refractivity contribution is -0.138. The molecule has 1 aromatic heterocycles. The van der Waals surface area contributed by atoms with E-state index in [1.165, 1.54) is 12.1 Å². The van der Waals surface area contributed by atoms with Crippen LogP contribution in [0.15, 0.2) is 42.1 Å². The van der Waals surface area contributed by atoms with Crippen molar-refractivity contribution >= 4 is 17.9 Å². The maximum Gasteiger partial charge on any atom is 0.335 e.